The average molecular weight is 424 g/mol. The molecule has 3 nitrogen and oxygen atoms in total. The summed E-state index contributed by atoms with van der Waals surface area (Å²) in [6.45, 7) is 2.47. The van der Waals surface area contributed by atoms with Gasteiger partial charge in [-0.3, -0.25) is 4.79 Å². The molecule has 0 saturated heterocycles. The van der Waals surface area contributed by atoms with Crippen LogP contribution in [-0.2, 0) is 19.0 Å². The third-order valence-electron chi connectivity index (χ3n) is 5.83. The van der Waals surface area contributed by atoms with Crippen molar-refractivity contribution in [1.29, 1.82) is 0 Å². The third-order valence-corrected chi connectivity index (χ3v) is 5.83. The fourth-order valence-corrected chi connectivity index (χ4v) is 4.22. The Morgan fingerprint density at radius 1 is 1.03 bits per heavy atom. The first-order valence-electron chi connectivity index (χ1n) is 10.2. The molecule has 0 spiro atoms. The lowest BCUT2D eigenvalue weighted by Gasteiger charge is -2.15. The lowest BCUT2D eigenvalue weighted by atomic mass is 9.93. The Morgan fingerprint density at radius 3 is 2.42 bits per heavy atom. The summed E-state index contributed by atoms with van der Waals surface area (Å²) in [7, 11) is 0. The Balaban J connectivity index is 1.62. The minimum Gasteiger partial charge on any atom is -0.330 e. The number of hydrogen-bond donors (Lipinski definition) is 2. The Kier molecular flexibility index (Phi) is 5.58. The smallest absolute Gasteiger partial charge is 0.330 e. The molecule has 0 fully saturated rings. The molecular weight excluding hydrogens is 401 g/mol. The second kappa shape index (κ2) is 8.19. The van der Waals surface area contributed by atoms with Crippen molar-refractivity contribution < 1.29 is 18.0 Å². The van der Waals surface area contributed by atoms with Crippen molar-refractivity contribution in [1.82, 2.24) is 0 Å². The Hall–Kier alpha value is -3.12. The van der Waals surface area contributed by atoms with E-state index in [0.29, 0.717) is 34.8 Å². The second-order valence-corrected chi connectivity index (χ2v) is 8.02. The van der Waals surface area contributed by atoms with Gasteiger partial charge in [0.25, 0.3) is 5.91 Å². The van der Waals surface area contributed by atoms with Crippen molar-refractivity contribution in [2.24, 2.45) is 11.7 Å². The fourth-order valence-electron chi connectivity index (χ4n) is 4.22. The van der Waals surface area contributed by atoms with Gasteiger partial charge in [0.1, 0.15) is 0 Å². The van der Waals surface area contributed by atoms with Crippen molar-refractivity contribution in [2.45, 2.75) is 25.9 Å². The zero-order valence-electron chi connectivity index (χ0n) is 17.1. The second-order valence-electron chi connectivity index (χ2n) is 8.02. The molecule has 4 rings (SSSR count). The van der Waals surface area contributed by atoms with E-state index in [0.717, 1.165) is 30.5 Å². The molecule has 3 aromatic rings. The molecule has 0 radical (unpaired) electrons. The lowest BCUT2D eigenvalue weighted by Crippen LogP contribution is -2.14. The molecule has 1 unspecified atom stereocenters. The number of halogens is 3. The van der Waals surface area contributed by atoms with Crippen molar-refractivity contribution in [2.75, 3.05) is 11.9 Å². The molecule has 0 saturated carbocycles. The zero-order chi connectivity index (χ0) is 22.2. The maximum atomic E-state index is 13.1. The maximum absolute atomic E-state index is 13.1. The van der Waals surface area contributed by atoms with Gasteiger partial charge in [0.15, 0.2) is 0 Å². The van der Waals surface area contributed by atoms with Crippen LogP contribution in [0.3, 0.4) is 0 Å². The molecule has 3 aromatic carbocycles. The zero-order valence-corrected chi connectivity index (χ0v) is 17.1. The van der Waals surface area contributed by atoms with Gasteiger partial charge in [0.05, 0.1) is 5.56 Å². The molecular formula is C25H23F3N2O. The summed E-state index contributed by atoms with van der Waals surface area (Å²) < 4.78 is 38.8. The molecule has 31 heavy (non-hydrogen) atoms. The summed E-state index contributed by atoms with van der Waals surface area (Å²) in [5.41, 5.74) is 10.6. The van der Waals surface area contributed by atoms with Gasteiger partial charge >= 0.3 is 6.18 Å². The largest absolute Gasteiger partial charge is 0.416 e. The van der Waals surface area contributed by atoms with Gasteiger partial charge in [-0.05, 0) is 90.4 Å². The minimum atomic E-state index is -4.40. The lowest BCUT2D eigenvalue weighted by molar-refractivity contribution is -0.137. The predicted molar refractivity (Wildman–Crippen MR) is 116 cm³/mol. The van der Waals surface area contributed by atoms with E-state index in [1.165, 1.54) is 23.3 Å². The fraction of sp³-hybridized carbons (Fsp3) is 0.240. The maximum Gasteiger partial charge on any atom is 0.416 e. The molecule has 160 valence electrons. The molecule has 0 aliphatic heterocycles. The quantitative estimate of drug-likeness (QED) is 0.572. The average Bonchev–Trinajstić information content (AvgIpc) is 3.15. The highest BCUT2D eigenvalue weighted by atomic mass is 19.4. The number of aryl methyl sites for hydroxylation is 1. The molecule has 1 atom stereocenters. The highest BCUT2D eigenvalue weighted by molar-refractivity contribution is 6.09. The molecule has 6 heteroatoms. The standard InChI is InChI=1S/C25H23F3N2O/c1-15-3-2-4-22(23(15)17-5-8-20(9-6-17)25(26,27)28)24(31)30-21-10-7-18-11-16(14-29)12-19(18)13-21/h2-10,13,16H,11-12,14,29H2,1H3,(H,30,31). The van der Waals surface area contributed by atoms with Crippen LogP contribution in [-0.4, -0.2) is 12.5 Å². The van der Waals surface area contributed by atoms with Gasteiger partial charge in [0.2, 0.25) is 0 Å². The van der Waals surface area contributed by atoms with E-state index in [9.17, 15) is 18.0 Å². The van der Waals surface area contributed by atoms with Crippen LogP contribution in [0.4, 0.5) is 18.9 Å². The number of nitrogens with one attached hydrogen (secondary N) is 1. The molecule has 3 N–H and O–H groups in total. The summed E-state index contributed by atoms with van der Waals surface area (Å²) in [5, 5.41) is 2.94. The normalized spacial score (nSPS) is 15.6. The van der Waals surface area contributed by atoms with Gasteiger partial charge in [0, 0.05) is 11.3 Å². The summed E-state index contributed by atoms with van der Waals surface area (Å²) in [4.78, 5) is 13.1. The van der Waals surface area contributed by atoms with Crippen LogP contribution in [0, 0.1) is 12.8 Å². The van der Waals surface area contributed by atoms with Gasteiger partial charge in [-0.25, -0.2) is 0 Å². The molecule has 0 bridgehead atoms. The van der Waals surface area contributed by atoms with E-state index in [1.54, 1.807) is 12.1 Å². The van der Waals surface area contributed by atoms with E-state index < -0.39 is 11.7 Å². The molecule has 0 aromatic heterocycles. The Labute approximate surface area is 179 Å². The van der Waals surface area contributed by atoms with E-state index in [1.807, 2.05) is 31.2 Å². The van der Waals surface area contributed by atoms with E-state index in [-0.39, 0.29) is 5.91 Å². The topological polar surface area (TPSA) is 55.1 Å². The number of hydrogen-bond acceptors (Lipinski definition) is 2. The first-order chi connectivity index (χ1) is 14.8. The predicted octanol–water partition coefficient (Wildman–Crippen LogP) is 5.61. The number of anilines is 1. The Bertz CT molecular complexity index is 1120. The van der Waals surface area contributed by atoms with Crippen LogP contribution in [0.1, 0.15) is 32.6 Å². The van der Waals surface area contributed by atoms with Crippen molar-refractivity contribution in [3.8, 4) is 11.1 Å². The molecule has 0 heterocycles. The molecule has 1 aliphatic carbocycles. The number of amides is 1. The number of benzene rings is 3. The van der Waals surface area contributed by atoms with Crippen LogP contribution >= 0.6 is 0 Å². The number of nitrogens with two attached hydrogens (primary N) is 1. The SMILES string of the molecule is Cc1cccc(C(=O)Nc2ccc3c(c2)CC(CN)C3)c1-c1ccc(C(F)(F)F)cc1. The van der Waals surface area contributed by atoms with E-state index >= 15 is 0 Å². The monoisotopic (exact) mass is 424 g/mol. The summed E-state index contributed by atoms with van der Waals surface area (Å²) in [5.74, 6) is 0.135. The number of carbonyl (C=O) groups is 1. The van der Waals surface area contributed by atoms with Crippen LogP contribution in [0.5, 0.6) is 0 Å². The number of alkyl halides is 3. The van der Waals surface area contributed by atoms with Crippen LogP contribution < -0.4 is 11.1 Å². The summed E-state index contributed by atoms with van der Waals surface area (Å²) in [6, 6.07) is 16.1. The van der Waals surface area contributed by atoms with Gasteiger partial charge in [-0.1, -0.05) is 30.3 Å². The van der Waals surface area contributed by atoms with Crippen molar-refractivity contribution in [3.63, 3.8) is 0 Å². The van der Waals surface area contributed by atoms with Crippen molar-refractivity contribution >= 4 is 11.6 Å². The highest BCUT2D eigenvalue weighted by Gasteiger charge is 2.30. The Morgan fingerprint density at radius 2 is 1.74 bits per heavy atom. The van der Waals surface area contributed by atoms with E-state index in [4.69, 9.17) is 5.73 Å². The number of fused-ring (bicyclic) bond motifs is 1. The first-order valence-corrected chi connectivity index (χ1v) is 10.2. The van der Waals surface area contributed by atoms with E-state index in [2.05, 4.69) is 5.32 Å². The summed E-state index contributed by atoms with van der Waals surface area (Å²) in [6.07, 6.45) is -2.55. The van der Waals surface area contributed by atoms with Gasteiger partial charge < -0.3 is 11.1 Å². The van der Waals surface area contributed by atoms with Crippen LogP contribution in [0.2, 0.25) is 0 Å². The molecule has 1 aliphatic rings. The first kappa shape index (κ1) is 21.1. The summed E-state index contributed by atoms with van der Waals surface area (Å²) >= 11 is 0. The molecule has 1 amide bonds. The van der Waals surface area contributed by atoms with Gasteiger partial charge in [-0.15, -0.1) is 0 Å². The third kappa shape index (κ3) is 4.35. The number of carbonyl (C=O) groups excluding carboxylic acids is 1. The highest BCUT2D eigenvalue weighted by Crippen LogP contribution is 2.34. The minimum absolute atomic E-state index is 0.299. The number of rotatable bonds is 4. The van der Waals surface area contributed by atoms with Gasteiger partial charge in [-0.2, -0.15) is 13.2 Å². The van der Waals surface area contributed by atoms with Crippen molar-refractivity contribution in [3.05, 3.63) is 88.5 Å². The van der Waals surface area contributed by atoms with Crippen LogP contribution in [0.25, 0.3) is 11.1 Å². The van der Waals surface area contributed by atoms with Crippen LogP contribution in [0.15, 0.2) is 60.7 Å².